The van der Waals surface area contributed by atoms with E-state index in [2.05, 4.69) is 63.4 Å². The van der Waals surface area contributed by atoms with Crippen LogP contribution >= 0.6 is 0 Å². The van der Waals surface area contributed by atoms with E-state index in [0.717, 1.165) is 23.8 Å². The Morgan fingerprint density at radius 3 is 1.38 bits per heavy atom. The summed E-state index contributed by atoms with van der Waals surface area (Å²) in [5.74, 6) is 1.11. The van der Waals surface area contributed by atoms with Crippen molar-refractivity contribution in [3.05, 3.63) is 47.8 Å². The fourth-order valence-electron chi connectivity index (χ4n) is 4.35. The van der Waals surface area contributed by atoms with Crippen LogP contribution in [0.5, 0.6) is 0 Å². The maximum Gasteiger partial charge on any atom is 0.417 e. The summed E-state index contributed by atoms with van der Waals surface area (Å²) in [6, 6.07) is 6.33. The molecule has 0 fully saturated rings. The first-order chi connectivity index (χ1) is 16.4. The molecule has 37 heavy (non-hydrogen) atoms. The Balaban J connectivity index is 0.000000375. The van der Waals surface area contributed by atoms with E-state index in [0.29, 0.717) is 5.82 Å². The molecule has 2 heterocycles. The maximum absolute atomic E-state index is 12.5. The lowest BCUT2D eigenvalue weighted by atomic mass is 9.75. The predicted molar refractivity (Wildman–Crippen MR) is 150 cm³/mol. The summed E-state index contributed by atoms with van der Waals surface area (Å²) in [5.41, 5.74) is 2.28. The minimum Gasteiger partial charge on any atom is -0.237 e. The molecule has 2 aromatic rings. The molecular formula is C30H45F3N4. The van der Waals surface area contributed by atoms with E-state index in [1.54, 1.807) is 0 Å². The molecule has 0 atom stereocenters. The molecule has 0 aliphatic rings. The second-order valence-corrected chi connectivity index (χ2v) is 13.5. The second-order valence-electron chi connectivity index (χ2n) is 13.5. The standard InChI is InChI=1S/C15H21F3N2.C15H24N2/c1-13(2,3)12(14(4,5)6)20-11-8-7-10(9-19-11)15(16,17)18;1-11-8-9-16-12(10-11)17-13(14(2,3)4)15(5,6)7/h7-9H,1-6H3;8-10H,1-7H3. The first-order valence-electron chi connectivity index (χ1n) is 12.6. The summed E-state index contributed by atoms with van der Waals surface area (Å²) in [6.45, 7) is 27.4. The molecule has 0 saturated carbocycles. The molecule has 7 heteroatoms. The summed E-state index contributed by atoms with van der Waals surface area (Å²) < 4.78 is 37.5. The Kier molecular flexibility index (Phi) is 10.0. The number of hydrogen-bond donors (Lipinski definition) is 0. The molecule has 0 amide bonds. The number of pyridine rings is 2. The third-order valence-corrected chi connectivity index (χ3v) is 5.27. The van der Waals surface area contributed by atoms with Crippen LogP contribution in [0.1, 0.15) is 94.2 Å². The Labute approximate surface area is 222 Å². The number of aryl methyl sites for hydroxylation is 1. The number of aromatic nitrogens is 2. The Morgan fingerprint density at radius 2 is 1.05 bits per heavy atom. The van der Waals surface area contributed by atoms with E-state index < -0.39 is 11.7 Å². The predicted octanol–water partition coefficient (Wildman–Crippen LogP) is 9.82. The van der Waals surface area contributed by atoms with Gasteiger partial charge in [0.2, 0.25) is 0 Å². The van der Waals surface area contributed by atoms with E-state index in [1.807, 2.05) is 59.9 Å². The fourth-order valence-corrected chi connectivity index (χ4v) is 4.35. The topological polar surface area (TPSA) is 50.5 Å². The molecule has 206 valence electrons. The molecule has 0 bridgehead atoms. The third-order valence-electron chi connectivity index (χ3n) is 5.27. The van der Waals surface area contributed by atoms with Gasteiger partial charge in [0.1, 0.15) is 0 Å². The molecule has 0 saturated heterocycles. The number of nitrogens with zero attached hydrogens (tertiary/aromatic N) is 4. The van der Waals surface area contributed by atoms with E-state index in [9.17, 15) is 13.2 Å². The number of aliphatic imine (C=N–C) groups is 2. The lowest BCUT2D eigenvalue weighted by molar-refractivity contribution is -0.137. The first-order valence-corrected chi connectivity index (χ1v) is 12.6. The largest absolute Gasteiger partial charge is 0.417 e. The summed E-state index contributed by atoms with van der Waals surface area (Å²) in [4.78, 5) is 17.4. The third kappa shape index (κ3) is 10.7. The molecule has 0 radical (unpaired) electrons. The monoisotopic (exact) mass is 518 g/mol. The van der Waals surface area contributed by atoms with Gasteiger partial charge in [-0.1, -0.05) is 83.1 Å². The summed E-state index contributed by atoms with van der Waals surface area (Å²) in [5, 5.41) is 0. The minimum atomic E-state index is -4.37. The highest BCUT2D eigenvalue weighted by Crippen LogP contribution is 2.34. The van der Waals surface area contributed by atoms with Gasteiger partial charge in [-0.05, 0) is 36.8 Å². The average Bonchev–Trinajstić information content (AvgIpc) is 2.67. The molecule has 0 unspecified atom stereocenters. The van der Waals surface area contributed by atoms with Gasteiger partial charge >= 0.3 is 6.18 Å². The highest BCUT2D eigenvalue weighted by molar-refractivity contribution is 5.95. The van der Waals surface area contributed by atoms with Crippen LogP contribution in [-0.2, 0) is 6.18 Å². The normalized spacial score (nSPS) is 12.9. The van der Waals surface area contributed by atoms with Crippen molar-refractivity contribution in [1.29, 1.82) is 0 Å². The smallest absolute Gasteiger partial charge is 0.237 e. The average molecular weight is 519 g/mol. The zero-order valence-electron chi connectivity index (χ0n) is 24.9. The molecule has 4 nitrogen and oxygen atoms in total. The van der Waals surface area contributed by atoms with Crippen LogP contribution in [0.15, 0.2) is 46.6 Å². The lowest BCUT2D eigenvalue weighted by Gasteiger charge is -2.32. The SMILES string of the molecule is CC(C)(C)C(=Nc1ccc(C(F)(F)F)cn1)C(C)(C)C.Cc1ccnc(N=C(C(C)(C)C)C(C)(C)C)c1. The highest BCUT2D eigenvalue weighted by Gasteiger charge is 2.32. The summed E-state index contributed by atoms with van der Waals surface area (Å²) in [6.07, 6.45) is -1.73. The van der Waals surface area contributed by atoms with Gasteiger partial charge in [0.25, 0.3) is 0 Å². The highest BCUT2D eigenvalue weighted by atomic mass is 19.4. The summed E-state index contributed by atoms with van der Waals surface area (Å²) >= 11 is 0. The van der Waals surface area contributed by atoms with Gasteiger partial charge in [-0.15, -0.1) is 0 Å². The van der Waals surface area contributed by atoms with Gasteiger partial charge in [0.05, 0.1) is 5.56 Å². The van der Waals surface area contributed by atoms with Crippen LogP contribution in [0.4, 0.5) is 24.8 Å². The maximum atomic E-state index is 12.5. The molecule has 0 spiro atoms. The van der Waals surface area contributed by atoms with Crippen molar-refractivity contribution in [2.24, 2.45) is 31.6 Å². The van der Waals surface area contributed by atoms with Crippen LogP contribution < -0.4 is 0 Å². The van der Waals surface area contributed by atoms with Gasteiger partial charge < -0.3 is 0 Å². The van der Waals surface area contributed by atoms with E-state index >= 15 is 0 Å². The molecule has 0 aliphatic carbocycles. The quantitative estimate of drug-likeness (QED) is 0.371. The van der Waals surface area contributed by atoms with Crippen molar-refractivity contribution in [2.75, 3.05) is 0 Å². The van der Waals surface area contributed by atoms with Gasteiger partial charge in [-0.2, -0.15) is 13.2 Å². The number of alkyl halides is 3. The van der Waals surface area contributed by atoms with Crippen LogP contribution in [0.3, 0.4) is 0 Å². The number of halogens is 3. The van der Waals surface area contributed by atoms with Gasteiger partial charge in [-0.3, -0.25) is 0 Å². The Morgan fingerprint density at radius 1 is 0.622 bits per heavy atom. The first kappa shape index (κ1) is 32.5. The molecule has 0 aliphatic heterocycles. The van der Waals surface area contributed by atoms with Crippen molar-refractivity contribution in [3.63, 3.8) is 0 Å². The van der Waals surface area contributed by atoms with Crippen LogP contribution in [0.25, 0.3) is 0 Å². The van der Waals surface area contributed by atoms with Gasteiger partial charge in [0.15, 0.2) is 11.6 Å². The Bertz CT molecular complexity index is 1050. The zero-order chi connectivity index (χ0) is 29.0. The zero-order valence-corrected chi connectivity index (χ0v) is 24.9. The second kappa shape index (κ2) is 11.4. The van der Waals surface area contributed by atoms with E-state index in [4.69, 9.17) is 4.99 Å². The summed E-state index contributed by atoms with van der Waals surface area (Å²) in [7, 11) is 0. The molecular weight excluding hydrogens is 473 g/mol. The van der Waals surface area contributed by atoms with Crippen molar-refractivity contribution in [1.82, 2.24) is 9.97 Å². The van der Waals surface area contributed by atoms with Gasteiger partial charge in [-0.25, -0.2) is 20.0 Å². The number of rotatable bonds is 2. The fraction of sp³-hybridized carbons (Fsp3) is 0.600. The van der Waals surface area contributed by atoms with Crippen LogP contribution in [-0.4, -0.2) is 21.4 Å². The molecule has 2 aromatic heterocycles. The van der Waals surface area contributed by atoms with Crippen molar-refractivity contribution < 1.29 is 13.2 Å². The van der Waals surface area contributed by atoms with Crippen LogP contribution in [0, 0.1) is 28.6 Å². The van der Waals surface area contributed by atoms with Crippen LogP contribution in [0.2, 0.25) is 0 Å². The van der Waals surface area contributed by atoms with Crippen molar-refractivity contribution >= 4 is 23.1 Å². The lowest BCUT2D eigenvalue weighted by Crippen LogP contribution is -2.32. The molecule has 0 aromatic carbocycles. The minimum absolute atomic E-state index is 0.0592. The Hall–Kier alpha value is -2.57. The van der Waals surface area contributed by atoms with E-state index in [-0.39, 0.29) is 21.7 Å². The van der Waals surface area contributed by atoms with Crippen molar-refractivity contribution in [2.45, 2.75) is 96.2 Å². The molecule has 2 rings (SSSR count). The van der Waals surface area contributed by atoms with E-state index in [1.165, 1.54) is 17.3 Å². The number of hydrogen-bond acceptors (Lipinski definition) is 4. The van der Waals surface area contributed by atoms with Crippen molar-refractivity contribution in [3.8, 4) is 0 Å². The molecule has 0 N–H and O–H groups in total. The van der Waals surface area contributed by atoms with Gasteiger partial charge in [0, 0.05) is 45.5 Å².